The highest BCUT2D eigenvalue weighted by Crippen LogP contribution is 2.30. The first-order chi connectivity index (χ1) is 16.0. The van der Waals surface area contributed by atoms with Gasteiger partial charge in [0, 0.05) is 49.9 Å². The summed E-state index contributed by atoms with van der Waals surface area (Å²) >= 11 is 6.16. The Labute approximate surface area is 202 Å². The molecular weight excluding hydrogens is 434 g/mol. The second kappa shape index (κ2) is 12.1. The number of carbonyl (C=O) groups is 1. The highest BCUT2D eigenvalue weighted by molar-refractivity contribution is 6.29. The van der Waals surface area contributed by atoms with Gasteiger partial charge in [0.05, 0.1) is 12.1 Å². The number of piperidine rings is 1. The summed E-state index contributed by atoms with van der Waals surface area (Å²) < 4.78 is 5.98. The van der Waals surface area contributed by atoms with Gasteiger partial charge in [-0.25, -0.2) is 0 Å². The van der Waals surface area contributed by atoms with Crippen molar-refractivity contribution in [2.24, 2.45) is 5.92 Å². The van der Waals surface area contributed by atoms with Gasteiger partial charge >= 0.3 is 0 Å². The Balaban J connectivity index is 1.65. The average Bonchev–Trinajstić information content (AvgIpc) is 2.86. The minimum Gasteiger partial charge on any atom is -0.376 e. The van der Waals surface area contributed by atoms with E-state index >= 15 is 0 Å². The lowest BCUT2D eigenvalue weighted by Gasteiger charge is -2.42. The van der Waals surface area contributed by atoms with Crippen LogP contribution in [0.1, 0.15) is 31.7 Å². The zero-order chi connectivity index (χ0) is 23.7. The zero-order valence-corrected chi connectivity index (χ0v) is 20.4. The first-order valence-corrected chi connectivity index (χ1v) is 11.8. The predicted molar refractivity (Wildman–Crippen MR) is 136 cm³/mol. The average molecular weight is 468 g/mol. The maximum atomic E-state index is 11.8. The standard InChI is InChI=1S/C27H34ClN3O2/c1-22(23(2)28)18-24(25-8-7-14-29-19-25)11-15-30-16-12-27(33-3,13-17-30)20-31(21-32)26-9-5-4-6-10-26/h4-11,14,19,21-22H,2,12-13,15-18,20H2,1,3H3/b24-11-. The molecule has 33 heavy (non-hydrogen) atoms. The lowest BCUT2D eigenvalue weighted by Crippen LogP contribution is -2.52. The quantitative estimate of drug-likeness (QED) is 0.416. The molecule has 0 bridgehead atoms. The van der Waals surface area contributed by atoms with Gasteiger partial charge in [-0.05, 0) is 54.5 Å². The normalized spacial score (nSPS) is 17.4. The fourth-order valence-corrected chi connectivity index (χ4v) is 4.32. The smallest absolute Gasteiger partial charge is 0.214 e. The van der Waals surface area contributed by atoms with Gasteiger partial charge in [-0.2, -0.15) is 0 Å². The minimum atomic E-state index is -0.339. The van der Waals surface area contributed by atoms with Crippen LogP contribution in [-0.2, 0) is 9.53 Å². The number of anilines is 1. The van der Waals surface area contributed by atoms with Crippen molar-refractivity contribution >= 4 is 29.3 Å². The molecule has 0 N–H and O–H groups in total. The van der Waals surface area contributed by atoms with Crippen molar-refractivity contribution in [1.29, 1.82) is 0 Å². The summed E-state index contributed by atoms with van der Waals surface area (Å²) in [4.78, 5) is 20.2. The first kappa shape index (κ1) is 25.2. The molecule has 1 aliphatic heterocycles. The molecule has 5 nitrogen and oxygen atoms in total. The molecule has 0 saturated carbocycles. The molecule has 3 rings (SSSR count). The number of carbonyl (C=O) groups excluding carboxylic acids is 1. The number of para-hydroxylation sites is 1. The summed E-state index contributed by atoms with van der Waals surface area (Å²) in [7, 11) is 1.75. The third-order valence-corrected chi connectivity index (χ3v) is 6.94. The summed E-state index contributed by atoms with van der Waals surface area (Å²) in [5, 5.41) is 0.672. The second-order valence-corrected chi connectivity index (χ2v) is 9.27. The van der Waals surface area contributed by atoms with Crippen LogP contribution in [0.3, 0.4) is 0 Å². The number of halogens is 1. The molecule has 2 heterocycles. The van der Waals surface area contributed by atoms with Crippen molar-refractivity contribution in [1.82, 2.24) is 9.88 Å². The number of aromatic nitrogens is 1. The Bertz CT molecular complexity index is 925. The summed E-state index contributed by atoms with van der Waals surface area (Å²) in [6.07, 6.45) is 9.44. The van der Waals surface area contributed by atoms with Crippen LogP contribution in [0.5, 0.6) is 0 Å². The van der Waals surface area contributed by atoms with Gasteiger partial charge in [0.1, 0.15) is 0 Å². The van der Waals surface area contributed by atoms with Crippen LogP contribution in [0.15, 0.2) is 72.5 Å². The van der Waals surface area contributed by atoms with Crippen LogP contribution in [0.4, 0.5) is 5.69 Å². The van der Waals surface area contributed by atoms with E-state index in [1.54, 1.807) is 18.2 Å². The summed E-state index contributed by atoms with van der Waals surface area (Å²) in [5.74, 6) is 0.188. The van der Waals surface area contributed by atoms with Gasteiger partial charge in [0.25, 0.3) is 0 Å². The molecule has 0 aliphatic carbocycles. The number of ether oxygens (including phenoxy) is 1. The minimum absolute atomic E-state index is 0.188. The predicted octanol–water partition coefficient (Wildman–Crippen LogP) is 5.39. The molecule has 1 aromatic carbocycles. The van der Waals surface area contributed by atoms with Crippen LogP contribution in [0.2, 0.25) is 0 Å². The Hall–Kier alpha value is -2.47. The SMILES string of the molecule is C=C(Cl)C(C)C/C(=C/CN1CCC(CN(C=O)c2ccccc2)(OC)CC1)c1cccnc1. The fraction of sp³-hybridized carbons (Fsp3) is 0.407. The van der Waals surface area contributed by atoms with E-state index in [-0.39, 0.29) is 11.5 Å². The fourth-order valence-electron chi connectivity index (χ4n) is 4.24. The van der Waals surface area contributed by atoms with Gasteiger partial charge in [-0.1, -0.05) is 55.4 Å². The number of pyridine rings is 1. The van der Waals surface area contributed by atoms with E-state index in [9.17, 15) is 4.79 Å². The van der Waals surface area contributed by atoms with Gasteiger partial charge < -0.3 is 9.64 Å². The van der Waals surface area contributed by atoms with E-state index < -0.39 is 0 Å². The number of amides is 1. The molecule has 1 amide bonds. The third kappa shape index (κ3) is 7.00. The molecule has 6 heteroatoms. The number of benzene rings is 1. The number of nitrogens with zero attached hydrogens (tertiary/aromatic N) is 3. The molecule has 176 valence electrons. The van der Waals surface area contributed by atoms with Gasteiger partial charge in [0.15, 0.2) is 0 Å². The second-order valence-electron chi connectivity index (χ2n) is 8.78. The van der Waals surface area contributed by atoms with Crippen LogP contribution >= 0.6 is 11.6 Å². The lowest BCUT2D eigenvalue weighted by atomic mass is 9.90. The number of rotatable bonds is 11. The topological polar surface area (TPSA) is 45.7 Å². The van der Waals surface area contributed by atoms with E-state index in [1.807, 2.05) is 42.6 Å². The number of likely N-dealkylation sites (tertiary alicyclic amines) is 1. The number of hydrogen-bond acceptors (Lipinski definition) is 4. The maximum absolute atomic E-state index is 11.8. The summed E-state index contributed by atoms with van der Waals surface area (Å²) in [6.45, 7) is 9.21. The van der Waals surface area contributed by atoms with Gasteiger partial charge in [-0.15, -0.1) is 0 Å². The van der Waals surface area contributed by atoms with Crippen LogP contribution in [-0.4, -0.2) is 55.2 Å². The third-order valence-electron chi connectivity index (χ3n) is 6.56. The van der Waals surface area contributed by atoms with Crippen molar-refractivity contribution < 1.29 is 9.53 Å². The molecule has 1 aromatic heterocycles. The molecule has 1 fully saturated rings. The molecular formula is C27H34ClN3O2. The summed E-state index contributed by atoms with van der Waals surface area (Å²) in [6, 6.07) is 13.8. The zero-order valence-electron chi connectivity index (χ0n) is 19.6. The molecule has 1 saturated heterocycles. The van der Waals surface area contributed by atoms with Crippen molar-refractivity contribution in [3.63, 3.8) is 0 Å². The van der Waals surface area contributed by atoms with Crippen LogP contribution in [0, 0.1) is 5.92 Å². The van der Waals surface area contributed by atoms with E-state index in [2.05, 4.69) is 35.5 Å². The molecule has 0 radical (unpaired) electrons. The Morgan fingerprint density at radius 3 is 2.58 bits per heavy atom. The Kier molecular flexibility index (Phi) is 9.24. The molecule has 2 aromatic rings. The highest BCUT2D eigenvalue weighted by Gasteiger charge is 2.36. The van der Waals surface area contributed by atoms with Crippen molar-refractivity contribution in [2.75, 3.05) is 38.2 Å². The van der Waals surface area contributed by atoms with Crippen LogP contribution < -0.4 is 4.90 Å². The van der Waals surface area contributed by atoms with E-state index in [0.717, 1.165) is 56.6 Å². The number of methoxy groups -OCH3 is 1. The van der Waals surface area contributed by atoms with E-state index in [0.29, 0.717) is 11.6 Å². The Morgan fingerprint density at radius 1 is 1.27 bits per heavy atom. The van der Waals surface area contributed by atoms with Gasteiger partial charge in [0.2, 0.25) is 6.41 Å². The van der Waals surface area contributed by atoms with Crippen molar-refractivity contribution in [3.05, 3.63) is 78.1 Å². The molecule has 1 aliphatic rings. The van der Waals surface area contributed by atoms with Gasteiger partial charge in [-0.3, -0.25) is 14.7 Å². The number of allylic oxidation sites excluding steroid dienone is 2. The lowest BCUT2D eigenvalue weighted by molar-refractivity contribution is -0.109. The molecule has 0 spiro atoms. The first-order valence-electron chi connectivity index (χ1n) is 11.4. The molecule has 1 atom stereocenters. The van der Waals surface area contributed by atoms with Crippen LogP contribution in [0.25, 0.3) is 5.57 Å². The monoisotopic (exact) mass is 467 g/mol. The number of hydrogen-bond donors (Lipinski definition) is 0. The van der Waals surface area contributed by atoms with Crippen molar-refractivity contribution in [3.8, 4) is 0 Å². The maximum Gasteiger partial charge on any atom is 0.214 e. The van der Waals surface area contributed by atoms with E-state index in [4.69, 9.17) is 16.3 Å². The largest absolute Gasteiger partial charge is 0.376 e. The molecule has 1 unspecified atom stereocenters. The Morgan fingerprint density at radius 2 is 2.00 bits per heavy atom. The highest BCUT2D eigenvalue weighted by atomic mass is 35.5. The van der Waals surface area contributed by atoms with Crippen molar-refractivity contribution in [2.45, 2.75) is 31.8 Å². The van der Waals surface area contributed by atoms with E-state index in [1.165, 1.54) is 5.57 Å². The summed E-state index contributed by atoms with van der Waals surface area (Å²) in [5.41, 5.74) is 2.91.